The molecule has 4 rings (SSSR count). The lowest BCUT2D eigenvalue weighted by atomic mass is 10.1. The molecule has 2 saturated heterocycles. The van der Waals surface area contributed by atoms with Crippen LogP contribution >= 0.6 is 0 Å². The predicted octanol–water partition coefficient (Wildman–Crippen LogP) is 1.35. The third-order valence-corrected chi connectivity index (χ3v) is 6.57. The maximum absolute atomic E-state index is 13.5. The van der Waals surface area contributed by atoms with E-state index in [0.29, 0.717) is 31.5 Å². The van der Waals surface area contributed by atoms with E-state index >= 15 is 0 Å². The number of nitrogens with one attached hydrogen (secondary N) is 2. The molecule has 0 bridgehead atoms. The van der Waals surface area contributed by atoms with Gasteiger partial charge >= 0.3 is 6.18 Å². The molecule has 0 saturated carbocycles. The van der Waals surface area contributed by atoms with Gasteiger partial charge in [0.2, 0.25) is 5.91 Å². The molecule has 2 aliphatic heterocycles. The van der Waals surface area contributed by atoms with Crippen LogP contribution in [-0.4, -0.2) is 77.8 Å². The number of rotatable bonds is 7. The molecule has 2 aromatic heterocycles. The minimum atomic E-state index is -4.80. The van der Waals surface area contributed by atoms with Gasteiger partial charge in [-0.05, 0) is 25.0 Å². The average molecular weight is 505 g/mol. The number of halogens is 3. The fourth-order valence-corrected chi connectivity index (χ4v) is 4.67. The van der Waals surface area contributed by atoms with Gasteiger partial charge < -0.3 is 15.1 Å². The van der Waals surface area contributed by atoms with Crippen molar-refractivity contribution in [3.63, 3.8) is 0 Å². The average Bonchev–Trinajstić information content (AvgIpc) is 3.34. The van der Waals surface area contributed by atoms with Crippen LogP contribution in [0.5, 0.6) is 0 Å². The number of piperazine rings is 1. The summed E-state index contributed by atoms with van der Waals surface area (Å²) in [6.45, 7) is 4.16. The van der Waals surface area contributed by atoms with Gasteiger partial charge in [0, 0.05) is 64.5 Å². The van der Waals surface area contributed by atoms with Gasteiger partial charge in [0.15, 0.2) is 0 Å². The molecular formula is C23H27F3N8O2. The number of hydrogen-bond acceptors (Lipinski definition) is 8. The lowest BCUT2D eigenvalue weighted by Crippen LogP contribution is -2.48. The van der Waals surface area contributed by atoms with Crippen LogP contribution in [0.1, 0.15) is 30.4 Å². The summed E-state index contributed by atoms with van der Waals surface area (Å²) < 4.78 is 40.4. The van der Waals surface area contributed by atoms with E-state index in [4.69, 9.17) is 5.26 Å². The summed E-state index contributed by atoms with van der Waals surface area (Å²) in [6, 6.07) is 5.27. The summed E-state index contributed by atoms with van der Waals surface area (Å²) in [4.78, 5) is 34.4. The van der Waals surface area contributed by atoms with Crippen molar-refractivity contribution in [2.45, 2.75) is 31.5 Å². The zero-order valence-corrected chi connectivity index (χ0v) is 19.6. The second-order valence-electron chi connectivity index (χ2n) is 8.85. The normalized spacial score (nSPS) is 18.8. The highest BCUT2D eigenvalue weighted by Crippen LogP contribution is 2.36. The largest absolute Gasteiger partial charge is 0.423 e. The van der Waals surface area contributed by atoms with Crippen molar-refractivity contribution in [2.75, 3.05) is 55.6 Å². The number of H-pyrrole nitrogens is 1. The molecule has 1 unspecified atom stereocenters. The Morgan fingerprint density at radius 2 is 1.97 bits per heavy atom. The first-order chi connectivity index (χ1) is 17.3. The van der Waals surface area contributed by atoms with Crippen molar-refractivity contribution in [3.8, 4) is 6.07 Å². The summed E-state index contributed by atoms with van der Waals surface area (Å²) >= 11 is 0. The van der Waals surface area contributed by atoms with Gasteiger partial charge in [0.25, 0.3) is 5.56 Å². The van der Waals surface area contributed by atoms with E-state index in [0.717, 1.165) is 38.2 Å². The Hall–Kier alpha value is -3.66. The monoisotopic (exact) mass is 504 g/mol. The Morgan fingerprint density at radius 1 is 1.19 bits per heavy atom. The van der Waals surface area contributed by atoms with Crippen LogP contribution in [0.25, 0.3) is 0 Å². The Kier molecular flexibility index (Phi) is 7.73. The number of hydrogen-bond donors (Lipinski definition) is 2. The molecule has 2 N–H and O–H groups in total. The molecule has 0 spiro atoms. The summed E-state index contributed by atoms with van der Waals surface area (Å²) in [5, 5.41) is 17.1. The van der Waals surface area contributed by atoms with Gasteiger partial charge in [-0.2, -0.15) is 23.5 Å². The van der Waals surface area contributed by atoms with E-state index in [-0.39, 0.29) is 30.6 Å². The molecule has 0 aromatic carbocycles. The Morgan fingerprint density at radius 3 is 2.64 bits per heavy atom. The van der Waals surface area contributed by atoms with Crippen molar-refractivity contribution >= 4 is 17.4 Å². The Balaban J connectivity index is 1.24. The zero-order valence-electron chi connectivity index (χ0n) is 19.6. The molecule has 0 radical (unpaired) electrons. The Labute approximate surface area is 205 Å². The first-order valence-corrected chi connectivity index (χ1v) is 11.8. The second-order valence-corrected chi connectivity index (χ2v) is 8.85. The molecule has 36 heavy (non-hydrogen) atoms. The molecule has 192 valence electrons. The van der Waals surface area contributed by atoms with E-state index in [1.807, 2.05) is 17.2 Å². The molecule has 4 heterocycles. The number of nitriles is 1. The minimum Gasteiger partial charge on any atom is -0.365 e. The quantitative estimate of drug-likeness (QED) is 0.580. The highest BCUT2D eigenvalue weighted by molar-refractivity contribution is 5.76. The molecule has 10 nitrogen and oxygen atoms in total. The molecule has 1 amide bonds. The highest BCUT2D eigenvalue weighted by Gasteiger charge is 2.40. The van der Waals surface area contributed by atoms with E-state index in [9.17, 15) is 22.8 Å². The van der Waals surface area contributed by atoms with Gasteiger partial charge in [-0.3, -0.25) is 14.5 Å². The topological polar surface area (TPSA) is 121 Å². The Bertz CT molecular complexity index is 1150. The molecule has 2 fully saturated rings. The van der Waals surface area contributed by atoms with Crippen molar-refractivity contribution in [2.24, 2.45) is 0 Å². The van der Waals surface area contributed by atoms with Crippen LogP contribution in [0.15, 0.2) is 29.3 Å². The number of aromatic amines is 1. The van der Waals surface area contributed by atoms with Gasteiger partial charge in [-0.15, -0.1) is 0 Å². The first-order valence-electron chi connectivity index (χ1n) is 11.8. The first kappa shape index (κ1) is 25.4. The third kappa shape index (κ3) is 5.93. The van der Waals surface area contributed by atoms with Crippen LogP contribution < -0.4 is 20.7 Å². The number of amides is 1. The van der Waals surface area contributed by atoms with Gasteiger partial charge in [0.1, 0.15) is 17.5 Å². The second kappa shape index (κ2) is 10.9. The van der Waals surface area contributed by atoms with Crippen LogP contribution in [0.2, 0.25) is 0 Å². The van der Waals surface area contributed by atoms with Crippen LogP contribution in [-0.2, 0) is 11.0 Å². The van der Waals surface area contributed by atoms with Crippen LogP contribution in [0.4, 0.5) is 24.7 Å². The van der Waals surface area contributed by atoms with Gasteiger partial charge in [-0.1, -0.05) is 0 Å². The minimum absolute atomic E-state index is 0.168. The van der Waals surface area contributed by atoms with E-state index < -0.39 is 17.3 Å². The summed E-state index contributed by atoms with van der Waals surface area (Å²) in [7, 11) is 0. The SMILES string of the molecule is N#Cc1ccc(N2CCN(CCC(=O)NCC3CCCN3c3cn[nH]c(=O)c3C(F)(F)F)CC2)nc1. The maximum atomic E-state index is 13.5. The molecule has 0 aliphatic carbocycles. The number of alkyl halides is 3. The molecule has 2 aromatic rings. The van der Waals surface area contributed by atoms with Gasteiger partial charge in [-0.25, -0.2) is 10.1 Å². The van der Waals surface area contributed by atoms with Crippen LogP contribution in [0, 0.1) is 11.3 Å². The summed E-state index contributed by atoms with van der Waals surface area (Å²) in [5.74, 6) is 0.648. The predicted molar refractivity (Wildman–Crippen MR) is 125 cm³/mol. The fourth-order valence-electron chi connectivity index (χ4n) is 4.67. The summed E-state index contributed by atoms with van der Waals surface area (Å²) in [6.07, 6.45) is -0.686. The van der Waals surface area contributed by atoms with Crippen LogP contribution in [0.3, 0.4) is 0 Å². The molecule has 1 atom stereocenters. The maximum Gasteiger partial charge on any atom is 0.423 e. The van der Waals surface area contributed by atoms with Gasteiger partial charge in [0.05, 0.1) is 17.4 Å². The summed E-state index contributed by atoms with van der Waals surface area (Å²) in [5.41, 5.74) is -2.27. The number of nitrogens with zero attached hydrogens (tertiary/aromatic N) is 6. The number of carbonyl (C=O) groups is 1. The third-order valence-electron chi connectivity index (χ3n) is 6.57. The van der Waals surface area contributed by atoms with E-state index in [1.54, 1.807) is 12.3 Å². The van der Waals surface area contributed by atoms with E-state index in [1.165, 1.54) is 4.90 Å². The number of carbonyl (C=O) groups excluding carboxylic acids is 1. The lowest BCUT2D eigenvalue weighted by molar-refractivity contribution is -0.138. The smallest absolute Gasteiger partial charge is 0.365 e. The number of pyridine rings is 1. The number of anilines is 2. The lowest BCUT2D eigenvalue weighted by Gasteiger charge is -2.35. The fraction of sp³-hybridized carbons (Fsp3) is 0.522. The highest BCUT2D eigenvalue weighted by atomic mass is 19.4. The van der Waals surface area contributed by atoms with E-state index in [2.05, 4.69) is 25.2 Å². The molecular weight excluding hydrogens is 477 g/mol. The van der Waals surface area contributed by atoms with Crippen molar-refractivity contribution in [3.05, 3.63) is 46.0 Å². The molecule has 2 aliphatic rings. The molecule has 13 heteroatoms. The van der Waals surface area contributed by atoms with Crippen molar-refractivity contribution in [1.29, 1.82) is 5.26 Å². The van der Waals surface area contributed by atoms with Crippen molar-refractivity contribution in [1.82, 2.24) is 25.4 Å². The van der Waals surface area contributed by atoms with Crippen molar-refractivity contribution < 1.29 is 18.0 Å². The number of aromatic nitrogens is 3. The standard InChI is InChI=1S/C23H27F3N8O2/c24-23(25,26)21-18(15-30-31-22(21)36)34-6-1-2-17(34)14-29-20(35)5-7-32-8-10-33(11-9-32)19-4-3-16(12-27)13-28-19/h3-4,13,15,17H,1-2,5-11,14H2,(H,29,35)(H,31,36). The zero-order chi connectivity index (χ0) is 25.7.